The summed E-state index contributed by atoms with van der Waals surface area (Å²) in [4.78, 5) is 40.5. The van der Waals surface area contributed by atoms with Crippen molar-refractivity contribution >= 4 is 17.8 Å². The number of rotatable bonds is 8. The maximum Gasteiger partial charge on any atom is 0.303 e. The SMILES string of the molecule is CC(C)CC1CN(C(CC(C)C)C(=O)N2CCC(CC(=O)O)CC2)C(=O)CN1. The van der Waals surface area contributed by atoms with E-state index in [1.54, 1.807) is 4.90 Å². The van der Waals surface area contributed by atoms with Gasteiger partial charge in [-0.2, -0.15) is 0 Å². The van der Waals surface area contributed by atoms with E-state index in [0.717, 1.165) is 19.3 Å². The summed E-state index contributed by atoms with van der Waals surface area (Å²) in [6.07, 6.45) is 3.25. The lowest BCUT2D eigenvalue weighted by Crippen LogP contribution is -2.61. The fraction of sp³-hybridized carbons (Fsp3) is 0.857. The molecule has 2 amide bonds. The van der Waals surface area contributed by atoms with Gasteiger partial charge in [-0.1, -0.05) is 27.7 Å². The molecule has 0 aromatic carbocycles. The highest BCUT2D eigenvalue weighted by molar-refractivity contribution is 5.89. The van der Waals surface area contributed by atoms with Gasteiger partial charge in [0.25, 0.3) is 0 Å². The van der Waals surface area contributed by atoms with Crippen molar-refractivity contribution in [1.29, 1.82) is 0 Å². The molecule has 0 aliphatic carbocycles. The maximum atomic E-state index is 13.3. The van der Waals surface area contributed by atoms with Crippen molar-refractivity contribution in [3.63, 3.8) is 0 Å². The summed E-state index contributed by atoms with van der Waals surface area (Å²) < 4.78 is 0. The van der Waals surface area contributed by atoms with E-state index < -0.39 is 12.0 Å². The predicted molar refractivity (Wildman–Crippen MR) is 108 cm³/mol. The number of nitrogens with zero attached hydrogens (tertiary/aromatic N) is 2. The Morgan fingerprint density at radius 2 is 1.79 bits per heavy atom. The summed E-state index contributed by atoms with van der Waals surface area (Å²) in [5.74, 6) is 0.233. The van der Waals surface area contributed by atoms with Crippen LogP contribution in [0.5, 0.6) is 0 Å². The quantitative estimate of drug-likeness (QED) is 0.656. The Morgan fingerprint density at radius 3 is 2.32 bits per heavy atom. The molecule has 2 saturated heterocycles. The number of carbonyl (C=O) groups is 3. The molecule has 0 aromatic heterocycles. The first kappa shape index (κ1) is 22.7. The molecule has 2 rings (SSSR count). The molecule has 160 valence electrons. The van der Waals surface area contributed by atoms with Crippen molar-refractivity contribution in [3.05, 3.63) is 0 Å². The van der Waals surface area contributed by atoms with Crippen LogP contribution in [0.25, 0.3) is 0 Å². The summed E-state index contributed by atoms with van der Waals surface area (Å²) in [5, 5.41) is 12.3. The Kier molecular flexibility index (Phi) is 8.28. The Labute approximate surface area is 168 Å². The topological polar surface area (TPSA) is 90.0 Å². The number of carbonyl (C=O) groups excluding carboxylic acids is 2. The standard InChI is InChI=1S/C21H37N3O4/c1-14(2)9-17-13-24(19(25)12-22-17)18(10-15(3)4)21(28)23-7-5-16(6-8-23)11-20(26)27/h14-18,22H,5-13H2,1-4H3,(H,26,27). The summed E-state index contributed by atoms with van der Waals surface area (Å²) >= 11 is 0. The van der Waals surface area contributed by atoms with Gasteiger partial charge >= 0.3 is 5.97 Å². The Bertz CT molecular complexity index is 556. The zero-order valence-electron chi connectivity index (χ0n) is 17.8. The van der Waals surface area contributed by atoms with Crippen molar-refractivity contribution in [2.24, 2.45) is 17.8 Å². The Morgan fingerprint density at radius 1 is 1.14 bits per heavy atom. The number of carboxylic acids is 1. The van der Waals surface area contributed by atoms with Gasteiger partial charge in [-0.05, 0) is 43.4 Å². The van der Waals surface area contributed by atoms with Gasteiger partial charge in [0.15, 0.2) is 0 Å². The molecule has 2 aliphatic heterocycles. The van der Waals surface area contributed by atoms with E-state index >= 15 is 0 Å². The van der Waals surface area contributed by atoms with Crippen LogP contribution in [-0.4, -0.2) is 71.0 Å². The highest BCUT2D eigenvalue weighted by atomic mass is 16.4. The molecule has 0 spiro atoms. The molecule has 2 atom stereocenters. The van der Waals surface area contributed by atoms with E-state index in [9.17, 15) is 14.4 Å². The van der Waals surface area contributed by atoms with Crippen LogP contribution >= 0.6 is 0 Å². The fourth-order valence-electron chi connectivity index (χ4n) is 4.39. The first-order valence-corrected chi connectivity index (χ1v) is 10.7. The van der Waals surface area contributed by atoms with Crippen molar-refractivity contribution < 1.29 is 19.5 Å². The molecule has 28 heavy (non-hydrogen) atoms. The average Bonchev–Trinajstić information content (AvgIpc) is 2.60. The van der Waals surface area contributed by atoms with Gasteiger partial charge in [0.1, 0.15) is 6.04 Å². The van der Waals surface area contributed by atoms with Crippen LogP contribution < -0.4 is 5.32 Å². The number of piperidine rings is 1. The van der Waals surface area contributed by atoms with E-state index in [4.69, 9.17) is 5.11 Å². The molecule has 2 N–H and O–H groups in total. The summed E-state index contributed by atoms with van der Waals surface area (Å²) in [5.41, 5.74) is 0. The summed E-state index contributed by atoms with van der Waals surface area (Å²) in [6, 6.07) is -0.193. The van der Waals surface area contributed by atoms with E-state index in [0.29, 0.717) is 44.4 Å². The maximum absolute atomic E-state index is 13.3. The number of hydrogen-bond donors (Lipinski definition) is 2. The summed E-state index contributed by atoms with van der Waals surface area (Å²) in [6.45, 7) is 10.5. The van der Waals surface area contributed by atoms with Gasteiger partial charge in [-0.15, -0.1) is 0 Å². The Balaban J connectivity index is 2.06. The lowest BCUT2D eigenvalue weighted by atomic mass is 9.92. The lowest BCUT2D eigenvalue weighted by molar-refractivity contribution is -0.149. The summed E-state index contributed by atoms with van der Waals surface area (Å²) in [7, 11) is 0. The van der Waals surface area contributed by atoms with Gasteiger partial charge in [0.05, 0.1) is 6.54 Å². The van der Waals surface area contributed by atoms with Crippen molar-refractivity contribution in [2.45, 2.75) is 71.9 Å². The largest absolute Gasteiger partial charge is 0.481 e. The average molecular weight is 396 g/mol. The number of carboxylic acid groups (broad SMARTS) is 1. The van der Waals surface area contributed by atoms with E-state index in [2.05, 4.69) is 33.0 Å². The minimum atomic E-state index is -0.773. The second kappa shape index (κ2) is 10.2. The van der Waals surface area contributed by atoms with Crippen molar-refractivity contribution in [3.8, 4) is 0 Å². The molecule has 2 fully saturated rings. The van der Waals surface area contributed by atoms with Crippen LogP contribution in [0, 0.1) is 17.8 Å². The first-order chi connectivity index (χ1) is 13.2. The zero-order chi connectivity index (χ0) is 20.8. The van der Waals surface area contributed by atoms with Crippen LogP contribution in [0.15, 0.2) is 0 Å². The van der Waals surface area contributed by atoms with E-state index in [1.165, 1.54) is 0 Å². The second-order valence-electron chi connectivity index (χ2n) is 9.27. The Hall–Kier alpha value is -1.63. The number of aliphatic carboxylic acids is 1. The molecular formula is C21H37N3O4. The number of nitrogens with one attached hydrogen (secondary N) is 1. The minimum absolute atomic E-state index is 0.000214. The molecule has 2 aliphatic rings. The van der Waals surface area contributed by atoms with E-state index in [-0.39, 0.29) is 30.2 Å². The van der Waals surface area contributed by atoms with E-state index in [1.807, 2.05) is 4.90 Å². The number of hydrogen-bond acceptors (Lipinski definition) is 4. The molecule has 0 saturated carbocycles. The third-order valence-electron chi connectivity index (χ3n) is 5.78. The molecule has 2 unspecified atom stereocenters. The number of piperazine rings is 1. The van der Waals surface area contributed by atoms with Gasteiger partial charge in [-0.3, -0.25) is 14.4 Å². The monoisotopic (exact) mass is 395 g/mol. The van der Waals surface area contributed by atoms with Crippen molar-refractivity contribution in [1.82, 2.24) is 15.1 Å². The second-order valence-corrected chi connectivity index (χ2v) is 9.27. The molecule has 7 heteroatoms. The molecule has 0 bridgehead atoms. The molecule has 2 heterocycles. The minimum Gasteiger partial charge on any atom is -0.481 e. The molecule has 0 aromatic rings. The van der Waals surface area contributed by atoms with Crippen LogP contribution in [0.3, 0.4) is 0 Å². The van der Waals surface area contributed by atoms with Gasteiger partial charge in [0.2, 0.25) is 11.8 Å². The van der Waals surface area contributed by atoms with Gasteiger partial charge in [0, 0.05) is 32.1 Å². The van der Waals surface area contributed by atoms with Crippen LogP contribution in [0.1, 0.15) is 59.8 Å². The molecule has 0 radical (unpaired) electrons. The lowest BCUT2D eigenvalue weighted by Gasteiger charge is -2.42. The van der Waals surface area contributed by atoms with Crippen LogP contribution in [0.4, 0.5) is 0 Å². The molecular weight excluding hydrogens is 358 g/mol. The fourth-order valence-corrected chi connectivity index (χ4v) is 4.39. The predicted octanol–water partition coefficient (Wildman–Crippen LogP) is 1.96. The number of amides is 2. The smallest absolute Gasteiger partial charge is 0.303 e. The first-order valence-electron chi connectivity index (χ1n) is 10.7. The zero-order valence-corrected chi connectivity index (χ0v) is 17.8. The highest BCUT2D eigenvalue weighted by Gasteiger charge is 2.38. The van der Waals surface area contributed by atoms with Crippen LogP contribution in [-0.2, 0) is 14.4 Å². The third-order valence-corrected chi connectivity index (χ3v) is 5.78. The highest BCUT2D eigenvalue weighted by Crippen LogP contribution is 2.24. The molecule has 7 nitrogen and oxygen atoms in total. The van der Waals surface area contributed by atoms with Crippen LogP contribution in [0.2, 0.25) is 0 Å². The third kappa shape index (κ3) is 6.47. The number of likely N-dealkylation sites (tertiary alicyclic amines) is 1. The van der Waals surface area contributed by atoms with Gasteiger partial charge in [-0.25, -0.2) is 0 Å². The van der Waals surface area contributed by atoms with Gasteiger partial charge < -0.3 is 20.2 Å². The van der Waals surface area contributed by atoms with Crippen molar-refractivity contribution in [2.75, 3.05) is 26.2 Å². The normalized spacial score (nSPS) is 22.8.